The number of amides is 1. The van der Waals surface area contributed by atoms with Crippen LogP contribution in [0.4, 0.5) is 5.13 Å². The fourth-order valence-electron chi connectivity index (χ4n) is 3.52. The number of hydrogen-bond acceptors (Lipinski definition) is 6. The minimum Gasteiger partial charge on any atom is -0.457 e. The van der Waals surface area contributed by atoms with Crippen LogP contribution in [0, 0.1) is 0 Å². The molecule has 1 aromatic carbocycles. The topological polar surface area (TPSA) is 67.4 Å². The van der Waals surface area contributed by atoms with Crippen molar-refractivity contribution in [2.45, 2.75) is 45.1 Å². The van der Waals surface area contributed by atoms with E-state index in [9.17, 15) is 4.79 Å². The summed E-state index contributed by atoms with van der Waals surface area (Å²) in [7, 11) is 1.76. The monoisotopic (exact) mass is 410 g/mol. The molecule has 0 radical (unpaired) electrons. The molecule has 0 spiro atoms. The zero-order chi connectivity index (χ0) is 20.2. The predicted octanol–water partition coefficient (Wildman–Crippen LogP) is 5.32. The van der Waals surface area contributed by atoms with Gasteiger partial charge >= 0.3 is 0 Å². The number of aromatic nitrogens is 2. The molecule has 0 bridgehead atoms. The Labute approximate surface area is 174 Å². The number of benzene rings is 1. The third-order valence-corrected chi connectivity index (χ3v) is 6.25. The Balaban J connectivity index is 1.49. The first kappa shape index (κ1) is 19.6. The van der Waals surface area contributed by atoms with Crippen molar-refractivity contribution in [3.63, 3.8) is 0 Å². The lowest BCUT2D eigenvalue weighted by Gasteiger charge is -2.22. The Morgan fingerprint density at radius 1 is 1.21 bits per heavy atom. The minimum atomic E-state index is -0.116. The molecule has 6 nitrogen and oxygen atoms in total. The Morgan fingerprint density at radius 3 is 2.79 bits per heavy atom. The van der Waals surface area contributed by atoms with Crippen molar-refractivity contribution in [1.29, 1.82) is 0 Å². The molecule has 3 aromatic rings. The highest BCUT2D eigenvalue weighted by atomic mass is 32.1. The van der Waals surface area contributed by atoms with Gasteiger partial charge in [0.2, 0.25) is 0 Å². The molecule has 1 amide bonds. The summed E-state index contributed by atoms with van der Waals surface area (Å²) in [6, 6.07) is 9.86. The van der Waals surface area contributed by atoms with Crippen molar-refractivity contribution in [2.75, 3.05) is 18.9 Å². The molecule has 2 aromatic heterocycles. The molecule has 1 aliphatic rings. The number of nitrogens with one attached hydrogen (secondary N) is 1. The van der Waals surface area contributed by atoms with Crippen molar-refractivity contribution in [1.82, 2.24) is 14.9 Å². The first-order chi connectivity index (χ1) is 14.1. The van der Waals surface area contributed by atoms with E-state index in [2.05, 4.69) is 10.3 Å². The summed E-state index contributed by atoms with van der Waals surface area (Å²) in [4.78, 5) is 22.8. The van der Waals surface area contributed by atoms with Crippen LogP contribution in [0.1, 0.15) is 49.5 Å². The van der Waals surface area contributed by atoms with Gasteiger partial charge in [0, 0.05) is 38.0 Å². The van der Waals surface area contributed by atoms with E-state index in [-0.39, 0.29) is 5.91 Å². The van der Waals surface area contributed by atoms with Crippen LogP contribution in [-0.2, 0) is 0 Å². The third-order valence-electron chi connectivity index (χ3n) is 5.30. The normalized spacial score (nSPS) is 14.7. The lowest BCUT2D eigenvalue weighted by atomic mass is 9.96. The second-order valence-corrected chi connectivity index (χ2v) is 8.46. The molecule has 152 valence electrons. The van der Waals surface area contributed by atoms with Crippen molar-refractivity contribution < 1.29 is 9.53 Å². The van der Waals surface area contributed by atoms with Gasteiger partial charge in [0.25, 0.3) is 5.91 Å². The Kier molecular flexibility index (Phi) is 5.94. The van der Waals surface area contributed by atoms with Crippen LogP contribution < -0.4 is 10.1 Å². The molecular formula is C22H26N4O2S. The van der Waals surface area contributed by atoms with Gasteiger partial charge in [-0.3, -0.25) is 9.78 Å². The summed E-state index contributed by atoms with van der Waals surface area (Å²) >= 11 is 1.66. The van der Waals surface area contributed by atoms with E-state index in [1.165, 1.54) is 32.1 Å². The molecule has 0 atom stereocenters. The zero-order valence-electron chi connectivity index (χ0n) is 16.9. The quantitative estimate of drug-likeness (QED) is 0.596. The molecule has 2 heterocycles. The van der Waals surface area contributed by atoms with E-state index >= 15 is 0 Å². The number of fused-ring (bicyclic) bond motifs is 1. The fraction of sp³-hybridized carbons (Fsp3) is 0.409. The number of ether oxygens (including phenoxy) is 1. The molecule has 0 aliphatic heterocycles. The molecule has 0 saturated heterocycles. The van der Waals surface area contributed by atoms with Crippen LogP contribution >= 0.6 is 11.3 Å². The second kappa shape index (κ2) is 8.78. The Bertz CT molecular complexity index is 997. The molecule has 4 rings (SSSR count). The molecule has 0 unspecified atom stereocenters. The van der Waals surface area contributed by atoms with Gasteiger partial charge in [-0.1, -0.05) is 30.6 Å². The highest BCUT2D eigenvalue weighted by molar-refractivity contribution is 7.22. The molecule has 1 aliphatic carbocycles. The van der Waals surface area contributed by atoms with Crippen LogP contribution in [0.5, 0.6) is 11.5 Å². The van der Waals surface area contributed by atoms with E-state index in [1.54, 1.807) is 41.6 Å². The average molecular weight is 411 g/mol. The SMILES string of the molecule is CCN(C)C(=O)c1cc(Oc2ccc3nc(NC4CCCCC4)sc3c2)ccn1. The number of thiazole rings is 1. The van der Waals surface area contributed by atoms with Gasteiger partial charge in [0.1, 0.15) is 17.2 Å². The summed E-state index contributed by atoms with van der Waals surface area (Å²) in [5, 5.41) is 4.57. The Morgan fingerprint density at radius 2 is 2.00 bits per heavy atom. The van der Waals surface area contributed by atoms with Crippen LogP contribution in [0.3, 0.4) is 0 Å². The highest BCUT2D eigenvalue weighted by Crippen LogP contribution is 2.32. The first-order valence-corrected chi connectivity index (χ1v) is 11.0. The molecule has 7 heteroatoms. The number of carbonyl (C=O) groups excluding carboxylic acids is 1. The number of nitrogens with zero attached hydrogens (tertiary/aromatic N) is 3. The third kappa shape index (κ3) is 4.67. The van der Waals surface area contributed by atoms with Crippen molar-refractivity contribution >= 4 is 32.6 Å². The highest BCUT2D eigenvalue weighted by Gasteiger charge is 2.16. The summed E-state index contributed by atoms with van der Waals surface area (Å²) in [6.45, 7) is 2.56. The van der Waals surface area contributed by atoms with Crippen molar-refractivity contribution in [2.24, 2.45) is 0 Å². The predicted molar refractivity (Wildman–Crippen MR) is 117 cm³/mol. The van der Waals surface area contributed by atoms with Gasteiger partial charge in [0.15, 0.2) is 5.13 Å². The second-order valence-electron chi connectivity index (χ2n) is 7.43. The maximum Gasteiger partial charge on any atom is 0.272 e. The van der Waals surface area contributed by atoms with Gasteiger partial charge in [-0.2, -0.15) is 0 Å². The van der Waals surface area contributed by atoms with E-state index in [0.29, 0.717) is 24.0 Å². The Hall–Kier alpha value is -2.67. The number of rotatable bonds is 6. The van der Waals surface area contributed by atoms with E-state index in [1.807, 2.05) is 25.1 Å². The fourth-order valence-corrected chi connectivity index (χ4v) is 4.49. The summed E-state index contributed by atoms with van der Waals surface area (Å²) in [5.41, 5.74) is 1.35. The number of pyridine rings is 1. The number of hydrogen-bond donors (Lipinski definition) is 1. The zero-order valence-corrected chi connectivity index (χ0v) is 17.7. The van der Waals surface area contributed by atoms with Gasteiger partial charge in [0.05, 0.1) is 10.2 Å². The number of carbonyl (C=O) groups is 1. The van der Waals surface area contributed by atoms with Gasteiger partial charge in [-0.15, -0.1) is 0 Å². The first-order valence-electron chi connectivity index (χ1n) is 10.2. The van der Waals surface area contributed by atoms with Gasteiger partial charge < -0.3 is 15.0 Å². The summed E-state index contributed by atoms with van der Waals surface area (Å²) in [6.07, 6.45) is 7.98. The van der Waals surface area contributed by atoms with Crippen LogP contribution in [0.15, 0.2) is 36.5 Å². The van der Waals surface area contributed by atoms with Crippen LogP contribution in [-0.4, -0.2) is 40.4 Å². The van der Waals surface area contributed by atoms with Crippen molar-refractivity contribution in [3.8, 4) is 11.5 Å². The van der Waals surface area contributed by atoms with E-state index in [0.717, 1.165) is 21.1 Å². The lowest BCUT2D eigenvalue weighted by molar-refractivity contribution is 0.0796. The molecule has 1 N–H and O–H groups in total. The van der Waals surface area contributed by atoms with Gasteiger partial charge in [-0.25, -0.2) is 4.98 Å². The van der Waals surface area contributed by atoms with Crippen LogP contribution in [0.2, 0.25) is 0 Å². The molecular weight excluding hydrogens is 384 g/mol. The molecule has 1 saturated carbocycles. The molecule has 29 heavy (non-hydrogen) atoms. The van der Waals surface area contributed by atoms with E-state index < -0.39 is 0 Å². The van der Waals surface area contributed by atoms with Crippen molar-refractivity contribution in [3.05, 3.63) is 42.2 Å². The van der Waals surface area contributed by atoms with Crippen LogP contribution in [0.25, 0.3) is 10.2 Å². The molecule has 1 fully saturated rings. The lowest BCUT2D eigenvalue weighted by Crippen LogP contribution is -2.26. The summed E-state index contributed by atoms with van der Waals surface area (Å²) < 4.78 is 7.08. The largest absolute Gasteiger partial charge is 0.457 e. The smallest absolute Gasteiger partial charge is 0.272 e. The van der Waals surface area contributed by atoms with Gasteiger partial charge in [-0.05, 0) is 38.0 Å². The van der Waals surface area contributed by atoms with E-state index in [4.69, 9.17) is 9.72 Å². The summed E-state index contributed by atoms with van der Waals surface area (Å²) in [5.74, 6) is 1.20. The maximum atomic E-state index is 12.3. The maximum absolute atomic E-state index is 12.3. The average Bonchev–Trinajstić information content (AvgIpc) is 3.15. The number of anilines is 1. The minimum absolute atomic E-state index is 0.116. The standard InChI is InChI=1S/C22H26N4O2S/c1-3-26(2)21(27)19-13-17(11-12-23-19)28-16-9-10-18-20(14-16)29-22(25-18)24-15-7-5-4-6-8-15/h9-15H,3-8H2,1-2H3,(H,24,25).